The molecule has 0 amide bonds. The summed E-state index contributed by atoms with van der Waals surface area (Å²) < 4.78 is 44.1. The van der Waals surface area contributed by atoms with Crippen molar-refractivity contribution in [3.05, 3.63) is 74.3 Å². The highest BCUT2D eigenvalue weighted by atomic mass is 35.5. The van der Waals surface area contributed by atoms with Crippen LogP contribution < -0.4 is 0 Å². The Labute approximate surface area is 145 Å². The van der Waals surface area contributed by atoms with Crippen LogP contribution in [0.15, 0.2) is 42.5 Å². The van der Waals surface area contributed by atoms with Gasteiger partial charge in [-0.2, -0.15) is 13.2 Å². The van der Waals surface area contributed by atoms with Gasteiger partial charge in [0.05, 0.1) is 12.0 Å². The molecule has 0 radical (unpaired) electrons. The molecule has 5 nitrogen and oxygen atoms in total. The number of carbonyl (C=O) groups is 1. The fourth-order valence-corrected chi connectivity index (χ4v) is 2.48. The summed E-state index contributed by atoms with van der Waals surface area (Å²) in [6, 6.07) is 8.31. The van der Waals surface area contributed by atoms with E-state index in [1.54, 1.807) is 0 Å². The Morgan fingerprint density at radius 2 is 1.72 bits per heavy atom. The van der Waals surface area contributed by atoms with E-state index in [0.717, 1.165) is 19.2 Å². The second-order valence-electron chi connectivity index (χ2n) is 5.04. The molecule has 2 aromatic carbocycles. The first-order valence-corrected chi connectivity index (χ1v) is 7.21. The van der Waals surface area contributed by atoms with Crippen molar-refractivity contribution in [2.75, 3.05) is 7.11 Å². The number of ether oxygens (including phenoxy) is 1. The van der Waals surface area contributed by atoms with E-state index in [1.165, 1.54) is 24.3 Å². The third kappa shape index (κ3) is 4.08. The number of rotatable bonds is 4. The molecule has 0 spiro atoms. The van der Waals surface area contributed by atoms with Crippen LogP contribution in [0.2, 0.25) is 5.02 Å². The van der Waals surface area contributed by atoms with Gasteiger partial charge in [-0.3, -0.25) is 14.9 Å². The predicted octanol–water partition coefficient (Wildman–Crippen LogP) is 4.57. The molecule has 0 heterocycles. The van der Waals surface area contributed by atoms with Gasteiger partial charge in [-0.05, 0) is 29.3 Å². The molecule has 132 valence electrons. The molecule has 0 aliphatic heterocycles. The number of nitro benzene ring substituents is 1. The zero-order valence-electron chi connectivity index (χ0n) is 12.7. The molecule has 1 unspecified atom stereocenters. The lowest BCUT2D eigenvalue weighted by Crippen LogP contribution is -2.17. The molecule has 25 heavy (non-hydrogen) atoms. The first-order valence-electron chi connectivity index (χ1n) is 6.84. The molecular weight excluding hydrogens is 363 g/mol. The fraction of sp³-hybridized carbons (Fsp3) is 0.188. The van der Waals surface area contributed by atoms with Crippen LogP contribution in [-0.2, 0) is 15.7 Å². The largest absolute Gasteiger partial charge is 0.468 e. The number of hydrogen-bond donors (Lipinski definition) is 0. The molecule has 0 aliphatic carbocycles. The number of alkyl halides is 3. The van der Waals surface area contributed by atoms with Crippen molar-refractivity contribution in [3.63, 3.8) is 0 Å². The Bertz CT molecular complexity index is 806. The predicted molar refractivity (Wildman–Crippen MR) is 83.4 cm³/mol. The summed E-state index contributed by atoms with van der Waals surface area (Å²) >= 11 is 5.78. The molecule has 0 saturated carbocycles. The minimum absolute atomic E-state index is 0.0768. The first-order chi connectivity index (χ1) is 11.6. The van der Waals surface area contributed by atoms with E-state index in [4.69, 9.17) is 11.6 Å². The summed E-state index contributed by atoms with van der Waals surface area (Å²) in [6.07, 6.45) is -4.95. The molecule has 2 aromatic rings. The van der Waals surface area contributed by atoms with Gasteiger partial charge >= 0.3 is 12.1 Å². The molecule has 0 bridgehead atoms. The number of esters is 1. The molecular formula is C16H11ClF3NO4. The van der Waals surface area contributed by atoms with Gasteiger partial charge in [-0.15, -0.1) is 0 Å². The molecule has 1 atom stereocenters. The number of benzene rings is 2. The number of carbonyl (C=O) groups excluding carboxylic acids is 1. The SMILES string of the molecule is COC(=O)C(c1ccc(Cl)cc1)c1ccc([N+](=O)[O-])c(C(F)(F)F)c1. The maximum atomic E-state index is 13.2. The Hall–Kier alpha value is -2.61. The van der Waals surface area contributed by atoms with E-state index in [1.807, 2.05) is 0 Å². The van der Waals surface area contributed by atoms with E-state index < -0.39 is 34.2 Å². The van der Waals surface area contributed by atoms with Crippen molar-refractivity contribution in [2.24, 2.45) is 0 Å². The minimum atomic E-state index is -4.95. The third-order valence-electron chi connectivity index (χ3n) is 3.50. The molecule has 0 aliphatic rings. The van der Waals surface area contributed by atoms with Gasteiger partial charge in [0.2, 0.25) is 0 Å². The summed E-state index contributed by atoms with van der Waals surface area (Å²) in [5.41, 5.74) is -2.25. The summed E-state index contributed by atoms with van der Waals surface area (Å²) in [5, 5.41) is 11.2. The minimum Gasteiger partial charge on any atom is -0.468 e. The molecule has 0 N–H and O–H groups in total. The van der Waals surface area contributed by atoms with Crippen molar-refractivity contribution >= 4 is 23.3 Å². The smallest absolute Gasteiger partial charge is 0.423 e. The van der Waals surface area contributed by atoms with Crippen molar-refractivity contribution in [1.29, 1.82) is 0 Å². The van der Waals surface area contributed by atoms with Gasteiger partial charge in [-0.1, -0.05) is 29.8 Å². The number of nitrogens with zero attached hydrogens (tertiary/aromatic N) is 1. The van der Waals surface area contributed by atoms with Crippen LogP contribution in [0.3, 0.4) is 0 Å². The molecule has 0 aromatic heterocycles. The van der Waals surface area contributed by atoms with Gasteiger partial charge in [0, 0.05) is 11.1 Å². The molecule has 9 heteroatoms. The van der Waals surface area contributed by atoms with E-state index in [0.29, 0.717) is 16.7 Å². The normalized spacial score (nSPS) is 12.5. The topological polar surface area (TPSA) is 69.4 Å². The number of hydrogen-bond acceptors (Lipinski definition) is 4. The van der Waals surface area contributed by atoms with Crippen LogP contribution in [0, 0.1) is 10.1 Å². The zero-order chi connectivity index (χ0) is 18.8. The van der Waals surface area contributed by atoms with Crippen molar-refractivity contribution in [2.45, 2.75) is 12.1 Å². The highest BCUT2D eigenvalue weighted by Gasteiger charge is 2.39. The summed E-state index contributed by atoms with van der Waals surface area (Å²) in [5.74, 6) is -1.98. The summed E-state index contributed by atoms with van der Waals surface area (Å²) in [7, 11) is 1.10. The summed E-state index contributed by atoms with van der Waals surface area (Å²) in [4.78, 5) is 21.8. The van der Waals surface area contributed by atoms with Crippen molar-refractivity contribution < 1.29 is 27.6 Å². The fourth-order valence-electron chi connectivity index (χ4n) is 2.36. The van der Waals surface area contributed by atoms with E-state index in [9.17, 15) is 28.1 Å². The second kappa shape index (κ2) is 7.10. The highest BCUT2D eigenvalue weighted by Crippen LogP contribution is 2.39. The Kier molecular flexibility index (Phi) is 5.32. The highest BCUT2D eigenvalue weighted by molar-refractivity contribution is 6.30. The zero-order valence-corrected chi connectivity index (χ0v) is 13.5. The number of halogens is 4. The quantitative estimate of drug-likeness (QED) is 0.447. The van der Waals surface area contributed by atoms with E-state index in [2.05, 4.69) is 4.74 Å². The van der Waals surface area contributed by atoms with Gasteiger partial charge in [-0.25, -0.2) is 0 Å². The Morgan fingerprint density at radius 1 is 1.16 bits per heavy atom. The van der Waals surface area contributed by atoms with Crippen LogP contribution in [-0.4, -0.2) is 18.0 Å². The molecule has 0 fully saturated rings. The van der Waals surface area contributed by atoms with E-state index in [-0.39, 0.29) is 5.56 Å². The van der Waals surface area contributed by atoms with Crippen molar-refractivity contribution in [3.8, 4) is 0 Å². The standard InChI is InChI=1S/C16H11ClF3NO4/c1-25-15(22)14(9-2-5-11(17)6-3-9)10-4-7-13(21(23)24)12(8-10)16(18,19)20/h2-8,14H,1H3. The lowest BCUT2D eigenvalue weighted by molar-refractivity contribution is -0.388. The van der Waals surface area contributed by atoms with Gasteiger partial charge in [0.15, 0.2) is 0 Å². The van der Waals surface area contributed by atoms with Crippen LogP contribution >= 0.6 is 11.6 Å². The van der Waals surface area contributed by atoms with E-state index >= 15 is 0 Å². The first kappa shape index (κ1) is 18.7. The van der Waals surface area contributed by atoms with Crippen LogP contribution in [0.4, 0.5) is 18.9 Å². The molecule has 0 saturated heterocycles. The Morgan fingerprint density at radius 3 is 2.20 bits per heavy atom. The van der Waals surface area contributed by atoms with Gasteiger partial charge in [0.25, 0.3) is 5.69 Å². The van der Waals surface area contributed by atoms with Gasteiger partial charge < -0.3 is 4.74 Å². The number of methoxy groups -OCH3 is 1. The van der Waals surface area contributed by atoms with Gasteiger partial charge in [0.1, 0.15) is 11.5 Å². The third-order valence-corrected chi connectivity index (χ3v) is 3.75. The average molecular weight is 374 g/mol. The summed E-state index contributed by atoms with van der Waals surface area (Å²) in [6.45, 7) is 0. The average Bonchev–Trinajstić information content (AvgIpc) is 2.55. The maximum absolute atomic E-state index is 13.2. The number of nitro groups is 1. The monoisotopic (exact) mass is 373 g/mol. The maximum Gasteiger partial charge on any atom is 0.423 e. The lowest BCUT2D eigenvalue weighted by atomic mass is 9.90. The van der Waals surface area contributed by atoms with Crippen molar-refractivity contribution in [1.82, 2.24) is 0 Å². The van der Waals surface area contributed by atoms with Crippen LogP contribution in [0.5, 0.6) is 0 Å². The Balaban J connectivity index is 2.64. The molecule has 2 rings (SSSR count). The van der Waals surface area contributed by atoms with Crippen LogP contribution in [0.1, 0.15) is 22.6 Å². The second-order valence-corrected chi connectivity index (χ2v) is 5.48. The lowest BCUT2D eigenvalue weighted by Gasteiger charge is -2.17. The van der Waals surface area contributed by atoms with Crippen LogP contribution in [0.25, 0.3) is 0 Å².